The topological polar surface area (TPSA) is 200 Å². The van der Waals surface area contributed by atoms with Crippen molar-refractivity contribution in [2.24, 2.45) is 0 Å². The van der Waals surface area contributed by atoms with E-state index in [1.807, 2.05) is 0 Å². The zero-order valence-electron chi connectivity index (χ0n) is 25.9. The predicted molar refractivity (Wildman–Crippen MR) is 154 cm³/mol. The monoisotopic (exact) mass is 654 g/mol. The summed E-state index contributed by atoms with van der Waals surface area (Å²) in [4.78, 5) is 88.5. The van der Waals surface area contributed by atoms with Gasteiger partial charge in [-0.25, -0.2) is 9.78 Å². The minimum absolute atomic E-state index is 0.112. The summed E-state index contributed by atoms with van der Waals surface area (Å²) in [6, 6.07) is 3.60. The molecule has 16 heteroatoms. The summed E-state index contributed by atoms with van der Waals surface area (Å²) in [7, 11) is 0. The van der Waals surface area contributed by atoms with Crippen molar-refractivity contribution >= 4 is 53.3 Å². The van der Waals surface area contributed by atoms with E-state index in [0.29, 0.717) is 0 Å². The van der Waals surface area contributed by atoms with Gasteiger partial charge in [0.25, 0.3) is 0 Å². The molecule has 0 bridgehead atoms. The average Bonchev–Trinajstić information content (AvgIpc) is 2.93. The van der Waals surface area contributed by atoms with Gasteiger partial charge in [0.15, 0.2) is 12.2 Å². The van der Waals surface area contributed by atoms with Crippen LogP contribution in [-0.2, 0) is 62.0 Å². The average molecular weight is 655 g/mol. The van der Waals surface area contributed by atoms with E-state index in [4.69, 9.17) is 28.4 Å². The number of pyridine rings is 1. The van der Waals surface area contributed by atoms with Crippen molar-refractivity contribution in [3.05, 3.63) is 24.4 Å². The Morgan fingerprint density at radius 1 is 0.956 bits per heavy atom. The van der Waals surface area contributed by atoms with E-state index in [-0.39, 0.29) is 36.7 Å². The first kappa shape index (κ1) is 37.1. The maximum absolute atomic E-state index is 13.9. The Hall–Kier alpha value is -4.05. The van der Waals surface area contributed by atoms with Crippen LogP contribution in [0, 0.1) is 0 Å². The first-order valence-electron chi connectivity index (χ1n) is 14.0. The van der Waals surface area contributed by atoms with Crippen molar-refractivity contribution in [1.82, 2.24) is 10.3 Å². The lowest BCUT2D eigenvalue weighted by Crippen LogP contribution is -2.68. The highest BCUT2D eigenvalue weighted by atomic mass is 32.2. The normalized spacial score (nSPS) is 22.1. The van der Waals surface area contributed by atoms with E-state index >= 15 is 0 Å². The van der Waals surface area contributed by atoms with Gasteiger partial charge in [0, 0.05) is 53.7 Å². The van der Waals surface area contributed by atoms with Crippen LogP contribution in [0.4, 0.5) is 0 Å². The Morgan fingerprint density at radius 2 is 1.64 bits per heavy atom. The summed E-state index contributed by atoms with van der Waals surface area (Å²) in [6.45, 7) is 6.16. The van der Waals surface area contributed by atoms with Gasteiger partial charge in [-0.1, -0.05) is 17.8 Å². The number of ketones is 1. The molecule has 6 atom stereocenters. The van der Waals surface area contributed by atoms with Crippen LogP contribution in [-0.4, -0.2) is 95.1 Å². The molecule has 248 valence electrons. The number of aromatic nitrogens is 1. The quantitative estimate of drug-likeness (QED) is 0.162. The molecule has 0 saturated carbocycles. The third kappa shape index (κ3) is 12.1. The van der Waals surface area contributed by atoms with E-state index in [2.05, 4.69) is 10.3 Å². The van der Waals surface area contributed by atoms with Crippen LogP contribution in [0.25, 0.3) is 0 Å². The molecule has 15 nitrogen and oxygen atoms in total. The molecule has 0 aromatic carbocycles. The SMILES string of the molecule is CC(=O)CCCOC(=O)[C@@]1(Sc2ccccn2)C[C@H](OC(C)=O)[C@@H](NC(C)=O)[C@H]([C@H](OC(C)=O)[C@@H](COC(C)=O)OC(C)=O)O1. The highest BCUT2D eigenvalue weighted by molar-refractivity contribution is 8.01. The number of hydrogen-bond acceptors (Lipinski definition) is 15. The van der Waals surface area contributed by atoms with Crippen LogP contribution in [0.2, 0.25) is 0 Å². The van der Waals surface area contributed by atoms with Crippen LogP contribution in [0.5, 0.6) is 0 Å². The first-order chi connectivity index (χ1) is 21.1. The van der Waals surface area contributed by atoms with E-state index in [1.165, 1.54) is 20.0 Å². The molecule has 1 aromatic rings. The number of amides is 1. The standard InChI is InChI=1S/C29H38N2O13S/c1-16(32)10-9-13-39-28(38)29(45-24-11-7-8-12-30-24)14-22(41-19(4)35)25(31-17(2)33)27(44-29)26(43-21(6)37)23(42-20(5)36)15-40-18(3)34/h7-8,11-12,22-23,25-27H,9-10,13-15H2,1-6H3,(H,31,33)/t22-,23+,25+,26+,27+,29-/m0/s1. The summed E-state index contributed by atoms with van der Waals surface area (Å²) in [5, 5.41) is 2.91. The van der Waals surface area contributed by atoms with E-state index < -0.39 is 77.8 Å². The second-order valence-electron chi connectivity index (χ2n) is 10.1. The minimum atomic E-state index is -2.05. The third-order valence-corrected chi connectivity index (χ3v) is 7.33. The Bertz CT molecular complexity index is 1240. The summed E-state index contributed by atoms with van der Waals surface area (Å²) in [5.74, 6) is -4.91. The molecule has 2 rings (SSSR count). The third-order valence-electron chi connectivity index (χ3n) is 6.12. The molecule has 1 aliphatic rings. The molecule has 0 radical (unpaired) electrons. The lowest BCUT2D eigenvalue weighted by molar-refractivity contribution is -0.225. The maximum Gasteiger partial charge on any atom is 0.349 e. The fraction of sp³-hybridized carbons (Fsp3) is 0.586. The summed E-state index contributed by atoms with van der Waals surface area (Å²) in [6.07, 6.45) is -4.55. The molecule has 2 heterocycles. The van der Waals surface area contributed by atoms with Crippen molar-refractivity contribution in [1.29, 1.82) is 0 Å². The van der Waals surface area contributed by atoms with Gasteiger partial charge in [0.1, 0.15) is 24.6 Å². The van der Waals surface area contributed by atoms with Crippen molar-refractivity contribution in [2.45, 2.75) is 101 Å². The highest BCUT2D eigenvalue weighted by Gasteiger charge is 2.59. The number of carbonyl (C=O) groups is 7. The second-order valence-corrected chi connectivity index (χ2v) is 11.4. The fourth-order valence-electron chi connectivity index (χ4n) is 4.52. The van der Waals surface area contributed by atoms with Crippen molar-refractivity contribution in [2.75, 3.05) is 13.2 Å². The lowest BCUT2D eigenvalue weighted by atomic mass is 9.89. The van der Waals surface area contributed by atoms with E-state index in [9.17, 15) is 33.6 Å². The number of esters is 5. The van der Waals surface area contributed by atoms with Crippen LogP contribution in [0.15, 0.2) is 29.4 Å². The molecule has 0 spiro atoms. The molecular weight excluding hydrogens is 616 g/mol. The van der Waals surface area contributed by atoms with Crippen LogP contribution < -0.4 is 5.32 Å². The molecule has 1 fully saturated rings. The molecular formula is C29H38N2O13S. The van der Waals surface area contributed by atoms with Crippen LogP contribution >= 0.6 is 11.8 Å². The van der Waals surface area contributed by atoms with Crippen molar-refractivity contribution in [3.8, 4) is 0 Å². The number of ether oxygens (including phenoxy) is 6. The second kappa shape index (κ2) is 17.4. The maximum atomic E-state index is 13.9. The Kier molecular flexibility index (Phi) is 14.4. The number of hydrogen-bond donors (Lipinski definition) is 1. The summed E-state index contributed by atoms with van der Waals surface area (Å²) >= 11 is 0.808. The molecule has 0 aliphatic carbocycles. The number of nitrogens with one attached hydrogen (secondary N) is 1. The Balaban J connectivity index is 2.76. The Labute approximate surface area is 264 Å². The van der Waals surface area contributed by atoms with Gasteiger partial charge in [-0.3, -0.25) is 24.0 Å². The highest BCUT2D eigenvalue weighted by Crippen LogP contribution is 2.45. The minimum Gasteiger partial charge on any atom is -0.463 e. The largest absolute Gasteiger partial charge is 0.463 e. The van der Waals surface area contributed by atoms with Gasteiger partial charge in [0.2, 0.25) is 10.8 Å². The molecule has 1 saturated heterocycles. The van der Waals surface area contributed by atoms with Gasteiger partial charge in [-0.15, -0.1) is 0 Å². The van der Waals surface area contributed by atoms with E-state index in [1.54, 1.807) is 18.2 Å². The molecule has 1 aromatic heterocycles. The molecule has 1 N–H and O–H groups in total. The zero-order chi connectivity index (χ0) is 33.7. The van der Waals surface area contributed by atoms with Crippen molar-refractivity contribution < 1.29 is 62.0 Å². The number of carbonyl (C=O) groups excluding carboxylic acids is 7. The lowest BCUT2D eigenvalue weighted by Gasteiger charge is -2.48. The van der Waals surface area contributed by atoms with E-state index in [0.717, 1.165) is 39.5 Å². The van der Waals surface area contributed by atoms with Gasteiger partial charge in [-0.2, -0.15) is 0 Å². The molecule has 0 unspecified atom stereocenters. The summed E-state index contributed by atoms with van der Waals surface area (Å²) < 4.78 is 33.6. The molecule has 1 aliphatic heterocycles. The molecule has 1 amide bonds. The summed E-state index contributed by atoms with van der Waals surface area (Å²) in [5.41, 5.74) is 0. The number of nitrogens with zero attached hydrogens (tertiary/aromatic N) is 1. The van der Waals surface area contributed by atoms with Crippen molar-refractivity contribution in [3.63, 3.8) is 0 Å². The smallest absolute Gasteiger partial charge is 0.349 e. The number of Topliss-reactive ketones (excluding diaryl/α,β-unsaturated/α-hetero) is 1. The fourth-order valence-corrected chi connectivity index (χ4v) is 5.67. The van der Waals surface area contributed by atoms with Gasteiger partial charge in [0.05, 0.1) is 17.7 Å². The van der Waals surface area contributed by atoms with Gasteiger partial charge >= 0.3 is 29.8 Å². The number of thioether (sulfide) groups is 1. The zero-order valence-corrected chi connectivity index (χ0v) is 26.7. The molecule has 45 heavy (non-hydrogen) atoms. The first-order valence-corrected chi connectivity index (χ1v) is 14.8. The van der Waals surface area contributed by atoms with Gasteiger partial charge in [-0.05, 0) is 25.5 Å². The Morgan fingerprint density at radius 3 is 2.18 bits per heavy atom. The predicted octanol–water partition coefficient (Wildman–Crippen LogP) is 1.43. The number of rotatable bonds is 15. The van der Waals surface area contributed by atoms with Gasteiger partial charge < -0.3 is 38.5 Å². The van der Waals surface area contributed by atoms with Crippen LogP contribution in [0.3, 0.4) is 0 Å². The van der Waals surface area contributed by atoms with Crippen LogP contribution in [0.1, 0.15) is 60.8 Å².